The van der Waals surface area contributed by atoms with Crippen LogP contribution in [0.15, 0.2) is 60.9 Å². The molecule has 0 unspecified atom stereocenters. The Hall–Kier alpha value is -4.16. The second-order valence-electron chi connectivity index (χ2n) is 7.45. The molecule has 5 rings (SSSR count). The number of carbonyl (C=O) groups excluding carboxylic acids is 1. The Morgan fingerprint density at radius 1 is 1.00 bits per heavy atom. The van der Waals surface area contributed by atoms with Gasteiger partial charge >= 0.3 is 6.18 Å². The predicted molar refractivity (Wildman–Crippen MR) is 127 cm³/mol. The van der Waals surface area contributed by atoms with Gasteiger partial charge in [-0.2, -0.15) is 18.3 Å². The maximum atomic E-state index is 13.5. The average molecular weight is 533 g/mol. The lowest BCUT2D eigenvalue weighted by molar-refractivity contribution is -0.141. The molecule has 1 aromatic carbocycles. The van der Waals surface area contributed by atoms with E-state index >= 15 is 0 Å². The van der Waals surface area contributed by atoms with Crippen LogP contribution in [0.2, 0.25) is 10.0 Å². The van der Waals surface area contributed by atoms with Crippen molar-refractivity contribution in [2.45, 2.75) is 6.18 Å². The Morgan fingerprint density at radius 2 is 1.72 bits per heavy atom. The van der Waals surface area contributed by atoms with Crippen LogP contribution in [0.3, 0.4) is 0 Å². The maximum absolute atomic E-state index is 13.5. The van der Waals surface area contributed by atoms with Crippen LogP contribution < -0.4 is 11.1 Å². The predicted octanol–water partition coefficient (Wildman–Crippen LogP) is 5.15. The number of hydrogen-bond donors (Lipinski definition) is 2. The molecule has 36 heavy (non-hydrogen) atoms. The van der Waals surface area contributed by atoms with Gasteiger partial charge in [-0.05, 0) is 36.4 Å². The van der Waals surface area contributed by atoms with Crippen molar-refractivity contribution < 1.29 is 18.0 Å². The maximum Gasteiger partial charge on any atom is 0.431 e. The number of benzene rings is 1. The highest BCUT2D eigenvalue weighted by molar-refractivity contribution is 6.37. The number of nitrogens with two attached hydrogens (primary N) is 1. The molecule has 1 amide bonds. The zero-order valence-electron chi connectivity index (χ0n) is 17.8. The van der Waals surface area contributed by atoms with Crippen LogP contribution in [-0.4, -0.2) is 35.3 Å². The van der Waals surface area contributed by atoms with Crippen LogP contribution in [0, 0.1) is 0 Å². The number of hydrogen-bond acceptors (Lipinski definition) is 6. The summed E-state index contributed by atoms with van der Waals surface area (Å²) in [6, 6.07) is 11.5. The summed E-state index contributed by atoms with van der Waals surface area (Å²) in [6.07, 6.45) is -1.78. The number of para-hydroxylation sites is 1. The number of primary amides is 1. The van der Waals surface area contributed by atoms with Gasteiger partial charge in [-0.15, -0.1) is 10.2 Å². The Kier molecular flexibility index (Phi) is 5.77. The third-order valence-electron chi connectivity index (χ3n) is 5.10. The lowest BCUT2D eigenvalue weighted by atomic mass is 10.2. The van der Waals surface area contributed by atoms with Crippen molar-refractivity contribution >= 4 is 46.1 Å². The van der Waals surface area contributed by atoms with E-state index in [-0.39, 0.29) is 28.5 Å². The van der Waals surface area contributed by atoms with Crippen LogP contribution in [0.5, 0.6) is 0 Å². The molecule has 3 N–H and O–H groups in total. The van der Waals surface area contributed by atoms with E-state index in [4.69, 9.17) is 28.9 Å². The van der Waals surface area contributed by atoms with Gasteiger partial charge < -0.3 is 11.1 Å². The standard InChI is InChI=1S/C22H13Cl2F3N8O/c23-12-3-1-4-13(24)19(12)34-10-15(18(33-34)20(28)36)30-11-7-8-14(29-9-11)21-32-31-17-6-2-5-16(35(17)21)22(25,26)27/h1-10,30H,(H2,28,36). The third-order valence-corrected chi connectivity index (χ3v) is 5.71. The second kappa shape index (κ2) is 8.81. The number of pyridine rings is 2. The summed E-state index contributed by atoms with van der Waals surface area (Å²) in [7, 11) is 0. The summed E-state index contributed by atoms with van der Waals surface area (Å²) in [5.74, 6) is -0.887. The minimum Gasteiger partial charge on any atom is -0.364 e. The quantitative estimate of drug-likeness (QED) is 0.323. The number of nitrogens with one attached hydrogen (secondary N) is 1. The van der Waals surface area contributed by atoms with Gasteiger partial charge in [0.15, 0.2) is 17.2 Å². The van der Waals surface area contributed by atoms with Gasteiger partial charge in [-0.25, -0.2) is 4.68 Å². The highest BCUT2D eigenvalue weighted by atomic mass is 35.5. The number of nitrogens with zero attached hydrogens (tertiary/aromatic N) is 6. The first-order valence-corrected chi connectivity index (χ1v) is 10.9. The fourth-order valence-corrected chi connectivity index (χ4v) is 4.12. The minimum absolute atomic E-state index is 0.0283. The van der Waals surface area contributed by atoms with Crippen LogP contribution >= 0.6 is 23.2 Å². The molecule has 0 saturated heterocycles. The molecule has 9 nitrogen and oxygen atoms in total. The molecule has 0 aliphatic carbocycles. The van der Waals surface area contributed by atoms with Crippen molar-refractivity contribution in [3.05, 3.63) is 82.4 Å². The first kappa shape index (κ1) is 23.6. The molecule has 182 valence electrons. The smallest absolute Gasteiger partial charge is 0.364 e. The van der Waals surface area contributed by atoms with E-state index < -0.39 is 17.8 Å². The Balaban J connectivity index is 1.49. The summed E-state index contributed by atoms with van der Waals surface area (Å²) < 4.78 is 42.7. The van der Waals surface area contributed by atoms with Crippen molar-refractivity contribution in [1.29, 1.82) is 0 Å². The van der Waals surface area contributed by atoms with E-state index in [2.05, 4.69) is 25.6 Å². The molecule has 4 heterocycles. The number of carbonyl (C=O) groups is 1. The highest BCUT2D eigenvalue weighted by Gasteiger charge is 2.34. The molecule has 14 heteroatoms. The van der Waals surface area contributed by atoms with E-state index in [1.807, 2.05) is 0 Å². The first-order valence-electron chi connectivity index (χ1n) is 10.1. The summed E-state index contributed by atoms with van der Waals surface area (Å²) in [4.78, 5) is 16.2. The van der Waals surface area contributed by atoms with Gasteiger partial charge in [0, 0.05) is 0 Å². The Morgan fingerprint density at radius 3 is 2.36 bits per heavy atom. The van der Waals surface area contributed by atoms with E-state index in [9.17, 15) is 18.0 Å². The molecule has 0 bridgehead atoms. The van der Waals surface area contributed by atoms with E-state index in [1.54, 1.807) is 24.3 Å². The molecule has 0 saturated carbocycles. The van der Waals surface area contributed by atoms with Crippen molar-refractivity contribution in [3.8, 4) is 17.2 Å². The molecular formula is C22H13Cl2F3N8O. The topological polar surface area (TPSA) is 116 Å². The average Bonchev–Trinajstić information content (AvgIpc) is 3.43. The molecule has 4 aromatic heterocycles. The Labute approximate surface area is 210 Å². The third kappa shape index (κ3) is 4.20. The van der Waals surface area contributed by atoms with Crippen molar-refractivity contribution in [2.75, 3.05) is 5.32 Å². The molecule has 0 aliphatic heterocycles. The molecule has 5 aromatic rings. The van der Waals surface area contributed by atoms with Crippen molar-refractivity contribution in [1.82, 2.24) is 29.4 Å². The first-order chi connectivity index (χ1) is 17.1. The molecule has 0 spiro atoms. The van der Waals surface area contributed by atoms with Gasteiger partial charge in [0.05, 0.1) is 33.8 Å². The fraction of sp³-hybridized carbons (Fsp3) is 0.0455. The largest absolute Gasteiger partial charge is 0.431 e. The summed E-state index contributed by atoms with van der Waals surface area (Å²) in [5, 5.41) is 15.4. The van der Waals surface area contributed by atoms with E-state index in [1.165, 1.54) is 35.3 Å². The second-order valence-corrected chi connectivity index (χ2v) is 8.27. The minimum atomic E-state index is -4.62. The molecular weight excluding hydrogens is 520 g/mol. The number of anilines is 2. The summed E-state index contributed by atoms with van der Waals surface area (Å²) in [6.45, 7) is 0. The van der Waals surface area contributed by atoms with E-state index in [0.29, 0.717) is 21.4 Å². The fourth-order valence-electron chi connectivity index (χ4n) is 3.55. The summed E-state index contributed by atoms with van der Waals surface area (Å²) in [5.41, 5.74) is 5.63. The van der Waals surface area contributed by atoms with Gasteiger partial charge in [0.1, 0.15) is 17.1 Å². The van der Waals surface area contributed by atoms with Crippen LogP contribution in [0.4, 0.5) is 24.5 Å². The van der Waals surface area contributed by atoms with Crippen LogP contribution in [0.25, 0.3) is 22.9 Å². The lowest BCUT2D eigenvalue weighted by Crippen LogP contribution is -2.14. The Bertz CT molecular complexity index is 1590. The highest BCUT2D eigenvalue weighted by Crippen LogP contribution is 2.33. The monoisotopic (exact) mass is 532 g/mol. The van der Waals surface area contributed by atoms with Crippen molar-refractivity contribution in [2.24, 2.45) is 5.73 Å². The van der Waals surface area contributed by atoms with Crippen LogP contribution in [0.1, 0.15) is 16.2 Å². The molecule has 0 radical (unpaired) electrons. The SMILES string of the molecule is NC(=O)c1nn(-c2c(Cl)cccc2Cl)cc1Nc1ccc(-c2nnc3cccc(C(F)(F)F)n23)nc1. The number of fused-ring (bicyclic) bond motifs is 1. The van der Waals surface area contributed by atoms with Crippen molar-refractivity contribution in [3.63, 3.8) is 0 Å². The number of aromatic nitrogens is 6. The zero-order chi connectivity index (χ0) is 25.6. The molecule has 0 atom stereocenters. The van der Waals surface area contributed by atoms with Gasteiger partial charge in [-0.1, -0.05) is 35.3 Å². The molecule has 0 aliphatic rings. The number of alkyl halides is 3. The normalized spacial score (nSPS) is 11.7. The van der Waals surface area contributed by atoms with Gasteiger partial charge in [-0.3, -0.25) is 14.2 Å². The summed E-state index contributed by atoms with van der Waals surface area (Å²) >= 11 is 12.5. The number of rotatable bonds is 5. The molecule has 0 fully saturated rings. The number of halogens is 5. The number of amides is 1. The van der Waals surface area contributed by atoms with E-state index in [0.717, 1.165) is 10.5 Å². The lowest BCUT2D eigenvalue weighted by Gasteiger charge is -2.11. The van der Waals surface area contributed by atoms with Gasteiger partial charge in [0.2, 0.25) is 0 Å². The van der Waals surface area contributed by atoms with Crippen LogP contribution in [-0.2, 0) is 6.18 Å². The zero-order valence-corrected chi connectivity index (χ0v) is 19.3. The van der Waals surface area contributed by atoms with Gasteiger partial charge in [0.25, 0.3) is 5.91 Å².